The van der Waals surface area contributed by atoms with Crippen LogP contribution in [0.15, 0.2) is 6.20 Å². The second-order valence-electron chi connectivity index (χ2n) is 3.34. The summed E-state index contributed by atoms with van der Waals surface area (Å²) in [7, 11) is 0. The van der Waals surface area contributed by atoms with Gasteiger partial charge in [0.2, 0.25) is 0 Å². The first-order valence-electron chi connectivity index (χ1n) is 4.58. The highest BCUT2D eigenvalue weighted by Crippen LogP contribution is 2.18. The van der Waals surface area contributed by atoms with Crippen LogP contribution in [0.5, 0.6) is 0 Å². The molecule has 0 spiro atoms. The SMILES string of the molecule is OCCc1cn(C2COCC2O)nn1. The molecule has 2 N–H and O–H groups in total. The van der Waals surface area contributed by atoms with Crippen LogP contribution in [-0.4, -0.2) is 51.1 Å². The van der Waals surface area contributed by atoms with Gasteiger partial charge in [-0.1, -0.05) is 5.21 Å². The molecule has 6 heteroatoms. The van der Waals surface area contributed by atoms with Crippen LogP contribution >= 0.6 is 0 Å². The lowest BCUT2D eigenvalue weighted by atomic mass is 10.2. The van der Waals surface area contributed by atoms with Crippen LogP contribution in [0.25, 0.3) is 0 Å². The van der Waals surface area contributed by atoms with Gasteiger partial charge in [0.15, 0.2) is 0 Å². The highest BCUT2D eigenvalue weighted by atomic mass is 16.5. The average molecular weight is 199 g/mol. The van der Waals surface area contributed by atoms with Crippen molar-refractivity contribution in [3.8, 4) is 0 Å². The van der Waals surface area contributed by atoms with E-state index in [2.05, 4.69) is 10.3 Å². The van der Waals surface area contributed by atoms with Gasteiger partial charge in [0.25, 0.3) is 0 Å². The van der Waals surface area contributed by atoms with Gasteiger partial charge in [-0.2, -0.15) is 0 Å². The Bertz CT molecular complexity index is 302. The van der Waals surface area contributed by atoms with Gasteiger partial charge in [-0.3, -0.25) is 0 Å². The Labute approximate surface area is 81.1 Å². The van der Waals surface area contributed by atoms with Crippen molar-refractivity contribution in [2.45, 2.75) is 18.6 Å². The third-order valence-electron chi connectivity index (χ3n) is 2.29. The molecule has 0 amide bonds. The van der Waals surface area contributed by atoms with Crippen molar-refractivity contribution in [1.82, 2.24) is 15.0 Å². The summed E-state index contributed by atoms with van der Waals surface area (Å²) in [5.41, 5.74) is 0.728. The third-order valence-corrected chi connectivity index (χ3v) is 2.29. The molecule has 1 aliphatic heterocycles. The highest BCUT2D eigenvalue weighted by molar-refractivity contribution is 4.95. The Kier molecular flexibility index (Phi) is 2.76. The number of aromatic nitrogens is 3. The Morgan fingerprint density at radius 3 is 3.07 bits per heavy atom. The van der Waals surface area contributed by atoms with Crippen LogP contribution < -0.4 is 0 Å². The number of hydrogen-bond acceptors (Lipinski definition) is 5. The third kappa shape index (κ3) is 1.77. The fraction of sp³-hybridized carbons (Fsp3) is 0.750. The molecule has 2 atom stereocenters. The van der Waals surface area contributed by atoms with E-state index in [4.69, 9.17) is 9.84 Å². The molecule has 2 rings (SSSR count). The normalized spacial score (nSPS) is 27.0. The summed E-state index contributed by atoms with van der Waals surface area (Å²) in [6, 6.07) is -0.144. The number of ether oxygens (including phenoxy) is 1. The Hall–Kier alpha value is -0.980. The molecule has 1 fully saturated rings. The van der Waals surface area contributed by atoms with E-state index in [1.165, 1.54) is 0 Å². The highest BCUT2D eigenvalue weighted by Gasteiger charge is 2.28. The lowest BCUT2D eigenvalue weighted by Crippen LogP contribution is -2.22. The van der Waals surface area contributed by atoms with Crippen molar-refractivity contribution >= 4 is 0 Å². The number of nitrogens with zero attached hydrogens (tertiary/aromatic N) is 3. The first-order chi connectivity index (χ1) is 6.81. The quantitative estimate of drug-likeness (QED) is 0.635. The molecule has 0 radical (unpaired) electrons. The van der Waals surface area contributed by atoms with Gasteiger partial charge in [0.1, 0.15) is 12.1 Å². The molecular weight excluding hydrogens is 186 g/mol. The lowest BCUT2D eigenvalue weighted by Gasteiger charge is -2.10. The molecule has 78 valence electrons. The van der Waals surface area contributed by atoms with Crippen LogP contribution in [0.2, 0.25) is 0 Å². The molecule has 0 bridgehead atoms. The zero-order valence-corrected chi connectivity index (χ0v) is 7.70. The van der Waals surface area contributed by atoms with Crippen molar-refractivity contribution in [3.05, 3.63) is 11.9 Å². The van der Waals surface area contributed by atoms with E-state index >= 15 is 0 Å². The monoisotopic (exact) mass is 199 g/mol. The van der Waals surface area contributed by atoms with E-state index in [1.54, 1.807) is 10.9 Å². The average Bonchev–Trinajstić information content (AvgIpc) is 2.74. The molecule has 1 saturated heterocycles. The van der Waals surface area contributed by atoms with Crippen LogP contribution in [0, 0.1) is 0 Å². The second kappa shape index (κ2) is 4.04. The summed E-state index contributed by atoms with van der Waals surface area (Å²) in [6.07, 6.45) is 1.71. The molecule has 2 heterocycles. The number of hydrogen-bond donors (Lipinski definition) is 2. The van der Waals surface area contributed by atoms with E-state index in [-0.39, 0.29) is 12.6 Å². The molecule has 6 nitrogen and oxygen atoms in total. The minimum absolute atomic E-state index is 0.0579. The van der Waals surface area contributed by atoms with Gasteiger partial charge in [0.05, 0.1) is 18.9 Å². The fourth-order valence-electron chi connectivity index (χ4n) is 1.49. The number of aliphatic hydroxyl groups is 2. The van der Waals surface area contributed by atoms with Crippen molar-refractivity contribution < 1.29 is 14.9 Å². The molecule has 1 aromatic rings. The largest absolute Gasteiger partial charge is 0.396 e. The Balaban J connectivity index is 2.08. The maximum absolute atomic E-state index is 9.52. The predicted octanol–water partition coefficient (Wildman–Crippen LogP) is -1.25. The first-order valence-corrected chi connectivity index (χ1v) is 4.58. The van der Waals surface area contributed by atoms with Crippen LogP contribution in [0.4, 0.5) is 0 Å². The lowest BCUT2D eigenvalue weighted by molar-refractivity contribution is 0.117. The molecule has 14 heavy (non-hydrogen) atoms. The van der Waals surface area contributed by atoms with Gasteiger partial charge >= 0.3 is 0 Å². The van der Waals surface area contributed by atoms with Crippen molar-refractivity contribution in [3.63, 3.8) is 0 Å². The summed E-state index contributed by atoms with van der Waals surface area (Å²) in [4.78, 5) is 0. The van der Waals surface area contributed by atoms with Gasteiger partial charge in [-0.25, -0.2) is 4.68 Å². The number of rotatable bonds is 3. The second-order valence-corrected chi connectivity index (χ2v) is 3.34. The maximum atomic E-state index is 9.52. The smallest absolute Gasteiger partial charge is 0.105 e. The maximum Gasteiger partial charge on any atom is 0.105 e. The van der Waals surface area contributed by atoms with Gasteiger partial charge in [-0.05, 0) is 0 Å². The minimum Gasteiger partial charge on any atom is -0.396 e. The Morgan fingerprint density at radius 2 is 2.43 bits per heavy atom. The molecule has 2 unspecified atom stereocenters. The molecule has 0 saturated carbocycles. The molecule has 1 aliphatic rings. The van der Waals surface area contributed by atoms with Gasteiger partial charge < -0.3 is 14.9 Å². The van der Waals surface area contributed by atoms with E-state index in [9.17, 15) is 5.11 Å². The van der Waals surface area contributed by atoms with Crippen LogP contribution in [-0.2, 0) is 11.2 Å². The molecule has 0 aliphatic carbocycles. The zero-order chi connectivity index (χ0) is 9.97. The van der Waals surface area contributed by atoms with Crippen LogP contribution in [0.3, 0.4) is 0 Å². The van der Waals surface area contributed by atoms with E-state index in [0.717, 1.165) is 5.69 Å². The van der Waals surface area contributed by atoms with Gasteiger partial charge in [0, 0.05) is 19.2 Å². The molecular formula is C8H13N3O3. The summed E-state index contributed by atoms with van der Waals surface area (Å²) < 4.78 is 6.70. The van der Waals surface area contributed by atoms with Crippen molar-refractivity contribution in [1.29, 1.82) is 0 Å². The van der Waals surface area contributed by atoms with Crippen molar-refractivity contribution in [2.24, 2.45) is 0 Å². The number of aliphatic hydroxyl groups excluding tert-OH is 2. The summed E-state index contributed by atoms with van der Waals surface area (Å²) in [5, 5.41) is 26.0. The summed E-state index contributed by atoms with van der Waals surface area (Å²) >= 11 is 0. The van der Waals surface area contributed by atoms with Crippen LogP contribution in [0.1, 0.15) is 11.7 Å². The van der Waals surface area contributed by atoms with E-state index < -0.39 is 6.10 Å². The Morgan fingerprint density at radius 1 is 1.57 bits per heavy atom. The predicted molar refractivity (Wildman–Crippen MR) is 46.7 cm³/mol. The standard InChI is InChI=1S/C8H13N3O3/c12-2-1-6-3-11(10-9-6)7-4-14-5-8(7)13/h3,7-8,12-13H,1-2,4-5H2. The minimum atomic E-state index is -0.515. The van der Waals surface area contributed by atoms with E-state index in [0.29, 0.717) is 19.6 Å². The first kappa shape index (κ1) is 9.57. The van der Waals surface area contributed by atoms with Crippen molar-refractivity contribution in [2.75, 3.05) is 19.8 Å². The molecule has 0 aromatic carbocycles. The summed E-state index contributed by atoms with van der Waals surface area (Å²) in [5.74, 6) is 0. The van der Waals surface area contributed by atoms with E-state index in [1.807, 2.05) is 0 Å². The molecule has 1 aromatic heterocycles. The topological polar surface area (TPSA) is 80.4 Å². The summed E-state index contributed by atoms with van der Waals surface area (Å²) in [6.45, 7) is 0.866. The van der Waals surface area contributed by atoms with Gasteiger partial charge in [-0.15, -0.1) is 5.10 Å². The fourth-order valence-corrected chi connectivity index (χ4v) is 1.49. The zero-order valence-electron chi connectivity index (χ0n) is 7.70.